The molecule has 2 heterocycles. The van der Waals surface area contributed by atoms with E-state index < -0.39 is 47.3 Å². The summed E-state index contributed by atoms with van der Waals surface area (Å²) in [6.45, 7) is 4.90. The number of carbonyl (C=O) groups excluding carboxylic acids is 2. The lowest BCUT2D eigenvalue weighted by Gasteiger charge is -2.33. The smallest absolute Gasteiger partial charge is 0.352 e. The minimum atomic E-state index is -4.83. The number of nitrogens with zero attached hydrogens (tertiary/aromatic N) is 1. The minimum absolute atomic E-state index is 0.0351. The van der Waals surface area contributed by atoms with Crippen LogP contribution in [0.3, 0.4) is 0 Å². The number of ketones is 1. The molecule has 1 amide bonds. The number of rotatable bonds is 5. The van der Waals surface area contributed by atoms with Crippen molar-refractivity contribution in [3.05, 3.63) is 58.9 Å². The highest BCUT2D eigenvalue weighted by atomic mass is 19.4. The van der Waals surface area contributed by atoms with Crippen molar-refractivity contribution in [2.75, 3.05) is 5.32 Å². The molecule has 1 fully saturated rings. The van der Waals surface area contributed by atoms with Gasteiger partial charge in [0.1, 0.15) is 11.8 Å². The number of hydrogen-bond acceptors (Lipinski definition) is 4. The Morgan fingerprint density at radius 1 is 1.21 bits per heavy atom. The number of Topliss-reactive ketones (excluding diaryl/α,β-unsaturated/α-hetero) is 1. The van der Waals surface area contributed by atoms with E-state index in [1.165, 1.54) is 45.2 Å². The fourth-order valence-corrected chi connectivity index (χ4v) is 4.44. The largest absolute Gasteiger partial charge is 0.417 e. The molecule has 3 rings (SSSR count). The van der Waals surface area contributed by atoms with E-state index in [9.17, 15) is 31.5 Å². The summed E-state index contributed by atoms with van der Waals surface area (Å²) in [7, 11) is 0. The topological polar surface area (TPSA) is 68.3 Å². The predicted molar refractivity (Wildman–Crippen MR) is 110 cm³/mol. The Morgan fingerprint density at radius 2 is 1.88 bits per heavy atom. The number of carbonyl (C=O) groups is 2. The van der Waals surface area contributed by atoms with E-state index in [1.807, 2.05) is 0 Å². The molecule has 178 valence electrons. The van der Waals surface area contributed by atoms with Crippen LogP contribution in [0.4, 0.5) is 27.6 Å². The van der Waals surface area contributed by atoms with Crippen LogP contribution in [-0.4, -0.2) is 34.6 Å². The molecule has 5 nitrogen and oxygen atoms in total. The SMILES string of the molecule is CC[C@@H]1[C@H](c2ccc(F)c(F)c2C)[C@@H](C(=O)Nc2ccnc(C(C)=O)c2)O[C@]1(C)C(F)(F)F. The molecule has 10 heteroatoms. The van der Waals surface area contributed by atoms with Gasteiger partial charge in [0.25, 0.3) is 5.91 Å². The lowest BCUT2D eigenvalue weighted by Crippen LogP contribution is -2.48. The molecular weight excluding hydrogens is 447 g/mol. The molecule has 0 radical (unpaired) electrons. The van der Waals surface area contributed by atoms with Crippen molar-refractivity contribution in [1.29, 1.82) is 0 Å². The second-order valence-electron chi connectivity index (χ2n) is 8.23. The first kappa shape index (κ1) is 24.8. The molecule has 1 aromatic carbocycles. The van der Waals surface area contributed by atoms with Crippen LogP contribution >= 0.6 is 0 Å². The fraction of sp³-hybridized carbons (Fsp3) is 0.435. The van der Waals surface area contributed by atoms with E-state index in [0.29, 0.717) is 0 Å². The van der Waals surface area contributed by atoms with Crippen LogP contribution in [0.2, 0.25) is 0 Å². The van der Waals surface area contributed by atoms with Crippen LogP contribution in [0.25, 0.3) is 0 Å². The first-order valence-corrected chi connectivity index (χ1v) is 10.3. The molecule has 33 heavy (non-hydrogen) atoms. The molecule has 1 saturated heterocycles. The highest BCUT2D eigenvalue weighted by Gasteiger charge is 2.66. The summed E-state index contributed by atoms with van der Waals surface area (Å²) in [5.74, 6) is -6.06. The van der Waals surface area contributed by atoms with Gasteiger partial charge in [-0.15, -0.1) is 0 Å². The van der Waals surface area contributed by atoms with E-state index in [2.05, 4.69) is 10.3 Å². The normalized spacial score (nSPS) is 25.2. The van der Waals surface area contributed by atoms with Gasteiger partial charge in [0.2, 0.25) is 0 Å². The maximum atomic E-state index is 14.3. The second kappa shape index (κ2) is 8.81. The molecule has 1 aliphatic heterocycles. The summed E-state index contributed by atoms with van der Waals surface area (Å²) in [6, 6.07) is 4.67. The number of nitrogens with one attached hydrogen (secondary N) is 1. The van der Waals surface area contributed by atoms with E-state index in [4.69, 9.17) is 4.74 Å². The number of amides is 1. The molecule has 0 bridgehead atoms. The molecule has 0 unspecified atom stereocenters. The molecule has 2 aromatic rings. The number of ether oxygens (including phenoxy) is 1. The van der Waals surface area contributed by atoms with Gasteiger partial charge in [-0.2, -0.15) is 13.2 Å². The third kappa shape index (κ3) is 4.36. The zero-order chi connectivity index (χ0) is 24.7. The highest BCUT2D eigenvalue weighted by Crippen LogP contribution is 2.55. The number of alkyl halides is 3. The van der Waals surface area contributed by atoms with Gasteiger partial charge in [-0.25, -0.2) is 8.78 Å². The molecular formula is C23H23F5N2O3. The summed E-state index contributed by atoms with van der Waals surface area (Å²) in [5, 5.41) is 2.47. The Hall–Kier alpha value is -2.88. The van der Waals surface area contributed by atoms with Gasteiger partial charge in [-0.3, -0.25) is 14.6 Å². The first-order chi connectivity index (χ1) is 15.3. The quantitative estimate of drug-likeness (QED) is 0.473. The maximum Gasteiger partial charge on any atom is 0.417 e. The zero-order valence-electron chi connectivity index (χ0n) is 18.4. The Bertz CT molecular complexity index is 1090. The number of aromatic nitrogens is 1. The van der Waals surface area contributed by atoms with Crippen molar-refractivity contribution in [2.45, 2.75) is 57.9 Å². The summed E-state index contributed by atoms with van der Waals surface area (Å²) >= 11 is 0. The molecule has 1 aromatic heterocycles. The minimum Gasteiger partial charge on any atom is -0.352 e. The first-order valence-electron chi connectivity index (χ1n) is 10.3. The van der Waals surface area contributed by atoms with Gasteiger partial charge in [0.05, 0.1) is 0 Å². The standard InChI is InChI=1S/C23H23F5N2O3/c1-5-15-18(14-6-7-16(24)19(25)11(14)2)20(33-22(15,4)23(26,27)28)21(32)30-13-8-9-29-17(10-13)12(3)31/h6-10,15,18,20H,5H2,1-4H3,(H,29,30,32)/t15-,18+,20+,22+/m1/s1. The van der Waals surface area contributed by atoms with Crippen molar-refractivity contribution in [3.8, 4) is 0 Å². The Kier molecular flexibility index (Phi) is 6.61. The van der Waals surface area contributed by atoms with E-state index in [1.54, 1.807) is 0 Å². The lowest BCUT2D eigenvalue weighted by atomic mass is 9.73. The van der Waals surface area contributed by atoms with Gasteiger partial charge < -0.3 is 10.1 Å². The molecule has 1 aliphatic rings. The van der Waals surface area contributed by atoms with E-state index in [-0.39, 0.29) is 34.7 Å². The monoisotopic (exact) mass is 470 g/mol. The van der Waals surface area contributed by atoms with Crippen LogP contribution < -0.4 is 5.32 Å². The summed E-state index contributed by atoms with van der Waals surface area (Å²) in [4.78, 5) is 28.6. The molecule has 4 atom stereocenters. The third-order valence-electron chi connectivity index (χ3n) is 6.23. The van der Waals surface area contributed by atoms with E-state index in [0.717, 1.165) is 13.0 Å². The van der Waals surface area contributed by atoms with Gasteiger partial charge in [-0.05, 0) is 49.6 Å². The summed E-state index contributed by atoms with van der Waals surface area (Å²) in [6.07, 6.45) is -5.24. The molecule has 1 N–H and O–H groups in total. The molecule has 0 spiro atoms. The third-order valence-corrected chi connectivity index (χ3v) is 6.23. The Morgan fingerprint density at radius 3 is 2.45 bits per heavy atom. The van der Waals surface area contributed by atoms with Crippen LogP contribution in [0.1, 0.15) is 54.7 Å². The lowest BCUT2D eigenvalue weighted by molar-refractivity contribution is -0.274. The number of halogens is 5. The average Bonchev–Trinajstić information content (AvgIpc) is 3.06. The van der Waals surface area contributed by atoms with Crippen LogP contribution in [0, 0.1) is 24.5 Å². The summed E-state index contributed by atoms with van der Waals surface area (Å²) < 4.78 is 75.7. The Balaban J connectivity index is 2.08. The van der Waals surface area contributed by atoms with Gasteiger partial charge in [-0.1, -0.05) is 13.0 Å². The van der Waals surface area contributed by atoms with Crippen LogP contribution in [0.5, 0.6) is 0 Å². The predicted octanol–water partition coefficient (Wildman–Crippen LogP) is 5.34. The fourth-order valence-electron chi connectivity index (χ4n) is 4.44. The summed E-state index contributed by atoms with van der Waals surface area (Å²) in [5.41, 5.74) is -2.63. The van der Waals surface area contributed by atoms with Crippen molar-refractivity contribution in [3.63, 3.8) is 0 Å². The van der Waals surface area contributed by atoms with Crippen molar-refractivity contribution >= 4 is 17.4 Å². The van der Waals surface area contributed by atoms with E-state index >= 15 is 0 Å². The highest BCUT2D eigenvalue weighted by molar-refractivity contribution is 5.97. The number of benzene rings is 1. The van der Waals surface area contributed by atoms with Gasteiger partial charge in [0.15, 0.2) is 23.0 Å². The maximum absolute atomic E-state index is 14.3. The van der Waals surface area contributed by atoms with Crippen molar-refractivity contribution < 1.29 is 36.3 Å². The van der Waals surface area contributed by atoms with Crippen LogP contribution in [0.15, 0.2) is 30.5 Å². The van der Waals surface area contributed by atoms with Crippen molar-refractivity contribution in [2.24, 2.45) is 5.92 Å². The second-order valence-corrected chi connectivity index (χ2v) is 8.23. The Labute approximate surface area is 187 Å². The van der Waals surface area contributed by atoms with Crippen LogP contribution in [-0.2, 0) is 9.53 Å². The van der Waals surface area contributed by atoms with Gasteiger partial charge >= 0.3 is 6.18 Å². The zero-order valence-corrected chi connectivity index (χ0v) is 18.4. The molecule has 0 saturated carbocycles. The number of hydrogen-bond donors (Lipinski definition) is 1. The average molecular weight is 470 g/mol. The molecule has 0 aliphatic carbocycles. The number of pyridine rings is 1. The van der Waals surface area contributed by atoms with Crippen molar-refractivity contribution in [1.82, 2.24) is 4.98 Å². The number of anilines is 1. The van der Waals surface area contributed by atoms with Gasteiger partial charge in [0, 0.05) is 30.6 Å².